The van der Waals surface area contributed by atoms with Gasteiger partial charge < -0.3 is 19.8 Å². The Morgan fingerprint density at radius 3 is 0.988 bits per heavy atom. The number of likely N-dealkylation sites (N-methyl/N-ethyl adjacent to an activating group) is 1. The number of hydrogen-bond acceptors (Lipinski definition) is 5. The van der Waals surface area contributed by atoms with Crippen molar-refractivity contribution in [2.75, 3.05) is 40.9 Å². The van der Waals surface area contributed by atoms with Crippen LogP contribution in [0.3, 0.4) is 0 Å². The van der Waals surface area contributed by atoms with Crippen molar-refractivity contribution in [3.05, 3.63) is 24.3 Å². The number of aliphatic hydroxyl groups is 1. The Labute approximate surface area is 506 Å². The van der Waals surface area contributed by atoms with E-state index in [1.165, 1.54) is 321 Å². The van der Waals surface area contributed by atoms with Gasteiger partial charge in [0.25, 0.3) is 0 Å². The van der Waals surface area contributed by atoms with Crippen LogP contribution >= 0.6 is 7.82 Å². The molecule has 3 N–H and O–H groups in total. The van der Waals surface area contributed by atoms with Crippen LogP contribution in [0.15, 0.2) is 24.3 Å². The molecule has 0 aliphatic carbocycles. The molecule has 1 amide bonds. The maximum Gasteiger partial charge on any atom is 0.472 e. The van der Waals surface area contributed by atoms with Gasteiger partial charge >= 0.3 is 7.82 Å². The van der Waals surface area contributed by atoms with Gasteiger partial charge in [-0.05, 0) is 32.1 Å². The monoisotopic (exact) mass is 1160 g/mol. The summed E-state index contributed by atoms with van der Waals surface area (Å²) in [5.41, 5.74) is 0. The van der Waals surface area contributed by atoms with Crippen molar-refractivity contribution in [2.24, 2.45) is 0 Å². The lowest BCUT2D eigenvalue weighted by Gasteiger charge is -2.25. The van der Waals surface area contributed by atoms with E-state index in [9.17, 15) is 19.4 Å². The van der Waals surface area contributed by atoms with Gasteiger partial charge in [-0.1, -0.05) is 366 Å². The second kappa shape index (κ2) is 63.5. The van der Waals surface area contributed by atoms with E-state index in [0.717, 1.165) is 38.5 Å². The first-order chi connectivity index (χ1) is 39.5. The van der Waals surface area contributed by atoms with Crippen molar-refractivity contribution in [2.45, 2.75) is 392 Å². The zero-order chi connectivity index (χ0) is 59.1. The Hall–Kier alpha value is -1.02. The first-order valence-corrected chi connectivity index (χ1v) is 37.7. The molecular formula is C72H144N2O6P+. The number of amides is 1. The molecule has 0 bridgehead atoms. The van der Waals surface area contributed by atoms with Gasteiger partial charge in [-0.25, -0.2) is 4.57 Å². The Balaban J connectivity index is 4.05. The SMILES string of the molecule is CCCCCCCCCCCCCCCCCCCCCCCCCCCC/C=C/CC/C=C/C(O)C(COP(=O)(O)OCC[N+](C)(C)C)NC(=O)CCCCCCCCCCCCCCCCCCCCCCCCCCCCC. The molecule has 0 aromatic heterocycles. The first-order valence-electron chi connectivity index (χ1n) is 36.2. The summed E-state index contributed by atoms with van der Waals surface area (Å²) in [5, 5.41) is 14.0. The van der Waals surface area contributed by atoms with Gasteiger partial charge in [-0.2, -0.15) is 0 Å². The highest BCUT2D eigenvalue weighted by Crippen LogP contribution is 2.43. The van der Waals surface area contributed by atoms with Gasteiger partial charge in [0.1, 0.15) is 13.2 Å². The van der Waals surface area contributed by atoms with Crippen LogP contribution in [0.2, 0.25) is 0 Å². The molecule has 482 valence electrons. The lowest BCUT2D eigenvalue weighted by atomic mass is 10.0. The second-order valence-electron chi connectivity index (χ2n) is 26.3. The highest BCUT2D eigenvalue weighted by atomic mass is 31.2. The number of allylic oxidation sites excluding steroid dienone is 3. The van der Waals surface area contributed by atoms with E-state index in [4.69, 9.17) is 9.05 Å². The molecule has 0 heterocycles. The van der Waals surface area contributed by atoms with Gasteiger partial charge in [0.2, 0.25) is 5.91 Å². The van der Waals surface area contributed by atoms with Crippen LogP contribution in [0, 0.1) is 0 Å². The summed E-state index contributed by atoms with van der Waals surface area (Å²) in [6, 6.07) is -0.862. The number of carbonyl (C=O) groups excluding carboxylic acids is 1. The van der Waals surface area contributed by atoms with Crippen LogP contribution < -0.4 is 5.32 Å². The molecule has 3 atom stereocenters. The summed E-state index contributed by atoms with van der Waals surface area (Å²) in [6.07, 6.45) is 83.5. The Morgan fingerprint density at radius 2 is 0.679 bits per heavy atom. The smallest absolute Gasteiger partial charge is 0.387 e. The number of nitrogens with zero attached hydrogens (tertiary/aromatic N) is 1. The third-order valence-corrected chi connectivity index (χ3v) is 17.9. The standard InChI is InChI=1S/C72H143N2O6P/c1-6-8-10-12-14-16-18-20-22-24-26-28-30-32-34-35-36-37-38-40-41-43-45-47-49-51-53-55-57-59-61-63-65-71(75)70(69-80-81(77,78)79-68-67-74(3,4)5)73-72(76)66-64-62-60-58-56-54-52-50-48-46-44-42-39-33-31-29-27-25-23-21-19-17-15-13-11-9-7-2/h55,57,63,65,70-71,75H,6-54,56,58-62,64,66-69H2,1-5H3,(H-,73,76,77,78)/p+1/b57-55+,65-63+. The van der Waals surface area contributed by atoms with E-state index in [2.05, 4.69) is 31.3 Å². The number of carbonyl (C=O) groups is 1. The fraction of sp³-hybridized carbons (Fsp3) is 0.931. The molecule has 0 saturated carbocycles. The molecule has 0 fully saturated rings. The average molecular weight is 1160 g/mol. The minimum Gasteiger partial charge on any atom is -0.387 e. The quantitative estimate of drug-likeness (QED) is 0.0243. The van der Waals surface area contributed by atoms with Crippen molar-refractivity contribution in [3.63, 3.8) is 0 Å². The van der Waals surface area contributed by atoms with Crippen molar-refractivity contribution in [1.82, 2.24) is 5.32 Å². The minimum atomic E-state index is -4.36. The van der Waals surface area contributed by atoms with Gasteiger partial charge in [-0.15, -0.1) is 0 Å². The van der Waals surface area contributed by atoms with Crippen LogP contribution in [0.1, 0.15) is 380 Å². The molecule has 0 aliphatic heterocycles. The van der Waals surface area contributed by atoms with Crippen molar-refractivity contribution in [3.8, 4) is 0 Å². The molecule has 81 heavy (non-hydrogen) atoms. The fourth-order valence-electron chi connectivity index (χ4n) is 11.3. The van der Waals surface area contributed by atoms with Gasteiger partial charge in [0.15, 0.2) is 0 Å². The molecular weight excluding hydrogens is 1020 g/mol. The predicted molar refractivity (Wildman–Crippen MR) is 355 cm³/mol. The minimum absolute atomic E-state index is 0.0591. The lowest BCUT2D eigenvalue weighted by Crippen LogP contribution is -2.45. The van der Waals surface area contributed by atoms with E-state index in [-0.39, 0.29) is 19.1 Å². The topological polar surface area (TPSA) is 105 Å². The zero-order valence-electron chi connectivity index (χ0n) is 55.3. The number of nitrogens with one attached hydrogen (secondary N) is 1. The van der Waals surface area contributed by atoms with Crippen molar-refractivity contribution < 1.29 is 32.9 Å². The fourth-order valence-corrected chi connectivity index (χ4v) is 12.0. The maximum atomic E-state index is 13.0. The number of quaternary nitrogens is 1. The van der Waals surface area contributed by atoms with Crippen LogP contribution in [0.4, 0.5) is 0 Å². The number of rotatable bonds is 68. The summed E-state index contributed by atoms with van der Waals surface area (Å²) in [4.78, 5) is 23.4. The van der Waals surface area contributed by atoms with Crippen LogP contribution in [-0.4, -0.2) is 73.4 Å². The van der Waals surface area contributed by atoms with Crippen LogP contribution in [0.5, 0.6) is 0 Å². The van der Waals surface area contributed by atoms with Gasteiger partial charge in [-0.3, -0.25) is 13.8 Å². The summed E-state index contributed by atoms with van der Waals surface area (Å²) < 4.78 is 23.8. The Morgan fingerprint density at radius 1 is 0.407 bits per heavy atom. The number of phosphoric ester groups is 1. The summed E-state index contributed by atoms with van der Waals surface area (Å²) in [5.74, 6) is -0.177. The Bertz CT molecular complexity index is 1370. The van der Waals surface area contributed by atoms with E-state index in [1.807, 2.05) is 27.2 Å². The molecule has 0 radical (unpaired) electrons. The summed E-state index contributed by atoms with van der Waals surface area (Å²) in [7, 11) is 1.58. The highest BCUT2D eigenvalue weighted by molar-refractivity contribution is 7.47. The maximum absolute atomic E-state index is 13.0. The third-order valence-electron chi connectivity index (χ3n) is 16.9. The third kappa shape index (κ3) is 66.4. The summed E-state index contributed by atoms with van der Waals surface area (Å²) in [6.45, 7) is 4.87. The molecule has 0 rings (SSSR count). The number of aliphatic hydroxyl groups excluding tert-OH is 1. The van der Waals surface area contributed by atoms with E-state index in [0.29, 0.717) is 17.4 Å². The largest absolute Gasteiger partial charge is 0.472 e. The normalized spacial score (nSPS) is 13.7. The Kier molecular flexibility index (Phi) is 62.7. The molecule has 0 saturated heterocycles. The van der Waals surface area contributed by atoms with E-state index >= 15 is 0 Å². The molecule has 0 aromatic carbocycles. The highest BCUT2D eigenvalue weighted by Gasteiger charge is 2.28. The molecule has 9 heteroatoms. The number of phosphoric acid groups is 1. The summed E-state index contributed by atoms with van der Waals surface area (Å²) >= 11 is 0. The van der Waals surface area contributed by atoms with Crippen LogP contribution in [0.25, 0.3) is 0 Å². The molecule has 8 nitrogen and oxygen atoms in total. The van der Waals surface area contributed by atoms with E-state index < -0.39 is 20.0 Å². The number of hydrogen-bond donors (Lipinski definition) is 3. The lowest BCUT2D eigenvalue weighted by molar-refractivity contribution is -0.870. The number of unbranched alkanes of at least 4 members (excludes halogenated alkanes) is 53. The van der Waals surface area contributed by atoms with Crippen molar-refractivity contribution in [1.29, 1.82) is 0 Å². The zero-order valence-corrected chi connectivity index (χ0v) is 56.2. The van der Waals surface area contributed by atoms with Gasteiger partial charge in [0.05, 0.1) is 39.9 Å². The average Bonchev–Trinajstić information content (AvgIpc) is 3.43. The van der Waals surface area contributed by atoms with Gasteiger partial charge in [0, 0.05) is 6.42 Å². The van der Waals surface area contributed by atoms with Crippen molar-refractivity contribution >= 4 is 13.7 Å². The van der Waals surface area contributed by atoms with Crippen LogP contribution in [-0.2, 0) is 18.4 Å². The molecule has 0 spiro atoms. The molecule has 3 unspecified atom stereocenters. The second-order valence-corrected chi connectivity index (χ2v) is 27.8. The van der Waals surface area contributed by atoms with E-state index in [1.54, 1.807) is 6.08 Å². The first kappa shape index (κ1) is 80.0. The molecule has 0 aromatic rings. The predicted octanol–water partition coefficient (Wildman–Crippen LogP) is 23.1. The molecule has 0 aliphatic rings.